The van der Waals surface area contributed by atoms with Crippen molar-refractivity contribution >= 4 is 34.4 Å². The largest absolute Gasteiger partial charge is 0.492 e. The molecule has 0 saturated carbocycles. The summed E-state index contributed by atoms with van der Waals surface area (Å²) in [5.41, 5.74) is 7.15. The number of nitrogens with two attached hydrogens (primary N) is 1. The third-order valence-electron chi connectivity index (χ3n) is 4.91. The van der Waals surface area contributed by atoms with Crippen molar-refractivity contribution in [2.24, 2.45) is 5.73 Å². The lowest BCUT2D eigenvalue weighted by Crippen LogP contribution is -2.55. The molecule has 4 rings (SSSR count). The first-order valence-electron chi connectivity index (χ1n) is 9.39. The van der Waals surface area contributed by atoms with Gasteiger partial charge in [0, 0.05) is 23.8 Å². The van der Waals surface area contributed by atoms with Crippen LogP contribution in [0.5, 0.6) is 0 Å². The highest BCUT2D eigenvalue weighted by Gasteiger charge is 2.46. The van der Waals surface area contributed by atoms with Crippen LogP contribution in [0, 0.1) is 0 Å². The normalized spacial score (nSPS) is 16.4. The number of hydroxylamine groups is 2. The molecule has 3 aromatic rings. The van der Waals surface area contributed by atoms with E-state index in [1.54, 1.807) is 53.3 Å². The highest BCUT2D eigenvalue weighted by Crippen LogP contribution is 2.25. The minimum Gasteiger partial charge on any atom is -0.366 e. The highest BCUT2D eigenvalue weighted by molar-refractivity contribution is 6.04. The van der Waals surface area contributed by atoms with Crippen molar-refractivity contribution in [1.29, 1.82) is 0 Å². The van der Waals surface area contributed by atoms with Crippen LogP contribution in [0.2, 0.25) is 0 Å². The Labute approximate surface area is 178 Å². The number of aromatic nitrogens is 2. The van der Waals surface area contributed by atoms with Crippen molar-refractivity contribution in [3.63, 3.8) is 0 Å². The molecular weight excluding hydrogens is 431 g/mol. The number of alkyl halides is 3. The van der Waals surface area contributed by atoms with Gasteiger partial charge in [-0.25, -0.2) is 9.48 Å². The Hall–Kier alpha value is -3.93. The van der Waals surface area contributed by atoms with Crippen LogP contribution in [0.3, 0.4) is 0 Å². The molecular formula is C20H16F3N5O4. The molecule has 1 fully saturated rings. The van der Waals surface area contributed by atoms with E-state index in [9.17, 15) is 27.6 Å². The second-order valence-corrected chi connectivity index (χ2v) is 7.04. The summed E-state index contributed by atoms with van der Waals surface area (Å²) in [6.07, 6.45) is -3.17. The third-order valence-corrected chi connectivity index (χ3v) is 4.91. The van der Waals surface area contributed by atoms with Crippen molar-refractivity contribution in [3.05, 3.63) is 54.2 Å². The number of halogens is 3. The van der Waals surface area contributed by atoms with Gasteiger partial charge in [-0.2, -0.15) is 18.3 Å². The quantitative estimate of drug-likeness (QED) is 0.619. The van der Waals surface area contributed by atoms with Gasteiger partial charge in [-0.3, -0.25) is 9.59 Å². The Kier molecular flexibility index (Phi) is 5.30. The van der Waals surface area contributed by atoms with Crippen molar-refractivity contribution in [2.45, 2.75) is 18.6 Å². The van der Waals surface area contributed by atoms with Gasteiger partial charge in [0.25, 0.3) is 5.91 Å². The number of rotatable bonds is 5. The topological polar surface area (TPSA) is 120 Å². The molecule has 166 valence electrons. The number of nitrogens with one attached hydrogen (secondary N) is 1. The Morgan fingerprint density at radius 2 is 1.84 bits per heavy atom. The lowest BCUT2D eigenvalue weighted by Gasteiger charge is -2.37. The van der Waals surface area contributed by atoms with Crippen molar-refractivity contribution < 1.29 is 32.4 Å². The molecule has 32 heavy (non-hydrogen) atoms. The summed E-state index contributed by atoms with van der Waals surface area (Å²) in [5, 5.41) is 8.37. The van der Waals surface area contributed by atoms with E-state index < -0.39 is 30.0 Å². The summed E-state index contributed by atoms with van der Waals surface area (Å²) >= 11 is 0. The van der Waals surface area contributed by atoms with E-state index in [2.05, 4.69) is 15.3 Å². The monoisotopic (exact) mass is 447 g/mol. The van der Waals surface area contributed by atoms with Crippen molar-refractivity contribution in [3.8, 4) is 5.69 Å². The summed E-state index contributed by atoms with van der Waals surface area (Å²) in [6.45, 7) is 0.0268. The third kappa shape index (κ3) is 4.12. The first kappa shape index (κ1) is 21.3. The number of benzene rings is 2. The number of amides is 2. The predicted octanol–water partition coefficient (Wildman–Crippen LogP) is 2.16. The van der Waals surface area contributed by atoms with Gasteiger partial charge in [0.15, 0.2) is 0 Å². The lowest BCUT2D eigenvalue weighted by molar-refractivity contribution is -0.260. The van der Waals surface area contributed by atoms with Crippen LogP contribution in [0.25, 0.3) is 16.6 Å². The zero-order valence-electron chi connectivity index (χ0n) is 16.3. The van der Waals surface area contributed by atoms with Crippen LogP contribution in [0.4, 0.5) is 18.9 Å². The first-order chi connectivity index (χ1) is 15.1. The summed E-state index contributed by atoms with van der Waals surface area (Å²) in [6, 6.07) is 10.5. The van der Waals surface area contributed by atoms with E-state index in [0.29, 0.717) is 27.5 Å². The predicted molar refractivity (Wildman–Crippen MR) is 105 cm³/mol. The number of primary amides is 1. The van der Waals surface area contributed by atoms with Crippen LogP contribution in [0.15, 0.2) is 48.7 Å². The summed E-state index contributed by atoms with van der Waals surface area (Å²) in [4.78, 5) is 39.0. The SMILES string of the molecule is NC(=O)c1cccc2cn(-c3ccc(NC(=O)C4CCN4OC(=O)C(F)(F)F)cc3)nc12. The Morgan fingerprint density at radius 3 is 2.44 bits per heavy atom. The van der Waals surface area contributed by atoms with Gasteiger partial charge < -0.3 is 15.9 Å². The van der Waals surface area contributed by atoms with Crippen LogP contribution in [-0.2, 0) is 14.4 Å². The molecule has 3 N–H and O–H groups in total. The van der Waals surface area contributed by atoms with Crippen molar-refractivity contribution in [1.82, 2.24) is 14.8 Å². The van der Waals surface area contributed by atoms with E-state index in [0.717, 1.165) is 5.39 Å². The molecule has 9 nitrogen and oxygen atoms in total. The van der Waals surface area contributed by atoms with Gasteiger partial charge in [-0.15, -0.1) is 5.06 Å². The number of nitrogens with zero attached hydrogens (tertiary/aromatic N) is 3. The van der Waals surface area contributed by atoms with Crippen LogP contribution in [-0.4, -0.2) is 51.4 Å². The highest BCUT2D eigenvalue weighted by atomic mass is 19.4. The van der Waals surface area contributed by atoms with Crippen LogP contribution >= 0.6 is 0 Å². The van der Waals surface area contributed by atoms with Crippen LogP contribution in [0.1, 0.15) is 16.8 Å². The lowest BCUT2D eigenvalue weighted by atomic mass is 10.1. The Balaban J connectivity index is 1.44. The number of carbonyl (C=O) groups is 3. The number of carbonyl (C=O) groups excluding carboxylic acids is 3. The maximum atomic E-state index is 12.3. The Morgan fingerprint density at radius 1 is 1.12 bits per heavy atom. The van der Waals surface area contributed by atoms with E-state index >= 15 is 0 Å². The van der Waals surface area contributed by atoms with E-state index in [1.807, 2.05) is 0 Å². The number of hydrogen-bond acceptors (Lipinski definition) is 6. The second-order valence-electron chi connectivity index (χ2n) is 7.04. The molecule has 1 saturated heterocycles. The maximum absolute atomic E-state index is 12.3. The smallest absolute Gasteiger partial charge is 0.366 e. The molecule has 1 aliphatic heterocycles. The molecule has 12 heteroatoms. The number of hydrogen-bond donors (Lipinski definition) is 2. The van der Waals surface area contributed by atoms with Crippen LogP contribution < -0.4 is 11.1 Å². The fraction of sp³-hybridized carbons (Fsp3) is 0.200. The van der Waals surface area contributed by atoms with Crippen molar-refractivity contribution in [2.75, 3.05) is 11.9 Å². The molecule has 0 aliphatic carbocycles. The number of fused-ring (bicyclic) bond motifs is 1. The molecule has 2 heterocycles. The summed E-state index contributed by atoms with van der Waals surface area (Å²) < 4.78 is 38.5. The van der Waals surface area contributed by atoms with Gasteiger partial charge >= 0.3 is 12.1 Å². The zero-order chi connectivity index (χ0) is 23.0. The molecule has 0 radical (unpaired) electrons. The molecule has 0 spiro atoms. The maximum Gasteiger partial charge on any atom is 0.492 e. The minimum absolute atomic E-state index is 0.0268. The molecule has 1 aliphatic rings. The average molecular weight is 447 g/mol. The molecule has 1 unspecified atom stereocenters. The van der Waals surface area contributed by atoms with Gasteiger partial charge in [0.1, 0.15) is 11.6 Å². The van der Waals surface area contributed by atoms with E-state index in [4.69, 9.17) is 5.73 Å². The van der Waals surface area contributed by atoms with Gasteiger partial charge in [0.2, 0.25) is 5.91 Å². The Bertz CT molecular complexity index is 1210. The first-order valence-corrected chi connectivity index (χ1v) is 9.39. The fourth-order valence-corrected chi connectivity index (χ4v) is 3.19. The van der Waals surface area contributed by atoms with E-state index in [1.165, 1.54) is 0 Å². The molecule has 2 aromatic carbocycles. The van der Waals surface area contributed by atoms with Gasteiger partial charge in [0.05, 0.1) is 11.3 Å². The minimum atomic E-state index is -5.14. The number of anilines is 1. The van der Waals surface area contributed by atoms with E-state index in [-0.39, 0.29) is 13.0 Å². The molecule has 0 bridgehead atoms. The standard InChI is InChI=1S/C20H16F3N5O4/c21-20(22,23)19(31)32-28-9-8-15(28)18(30)25-12-4-6-13(7-5-12)27-10-11-2-1-3-14(17(24)29)16(11)26-27/h1-7,10,15H,8-9H2,(H2,24,29)(H,25,30). The zero-order valence-corrected chi connectivity index (χ0v) is 16.3. The van der Waals surface area contributed by atoms with Gasteiger partial charge in [-0.05, 0) is 36.8 Å². The molecule has 1 aromatic heterocycles. The summed E-state index contributed by atoms with van der Waals surface area (Å²) in [5.74, 6) is -3.56. The second kappa shape index (κ2) is 7.96. The fourth-order valence-electron chi connectivity index (χ4n) is 3.19. The van der Waals surface area contributed by atoms with Gasteiger partial charge in [-0.1, -0.05) is 12.1 Å². The average Bonchev–Trinajstić information content (AvgIpc) is 3.14. The molecule has 2 amide bonds. The molecule has 1 atom stereocenters. The summed E-state index contributed by atoms with van der Waals surface area (Å²) in [7, 11) is 0.